The average molecular weight is 190 g/mol. The molecule has 62 valence electrons. The second-order valence-corrected chi connectivity index (χ2v) is 2.52. The van der Waals surface area contributed by atoms with Gasteiger partial charge in [0.15, 0.2) is 10.2 Å². The molecule has 0 spiro atoms. The summed E-state index contributed by atoms with van der Waals surface area (Å²) in [5.74, 6) is 0. The van der Waals surface area contributed by atoms with E-state index in [-0.39, 0.29) is 10.2 Å². The quantitative estimate of drug-likeness (QED) is 0.393. The van der Waals surface area contributed by atoms with Gasteiger partial charge in [0.1, 0.15) is 0 Å². The lowest BCUT2D eigenvalue weighted by Gasteiger charge is -2.18. The van der Waals surface area contributed by atoms with E-state index >= 15 is 0 Å². The predicted octanol–water partition coefficient (Wildman–Crippen LogP) is -0.186. The Balaban J connectivity index is 4.11. The average Bonchev–Trinajstić information content (AvgIpc) is 1.86. The topological polar surface area (TPSA) is 67.3 Å². The van der Waals surface area contributed by atoms with Gasteiger partial charge in [-0.25, -0.2) is 5.01 Å². The molecule has 0 amide bonds. The molecule has 0 aromatic carbocycles. The van der Waals surface area contributed by atoms with Crippen LogP contribution in [0.15, 0.2) is 12.3 Å². The van der Waals surface area contributed by atoms with E-state index in [9.17, 15) is 0 Å². The molecular weight excluding hydrogens is 180 g/mol. The molecule has 0 aromatic rings. The molecule has 4 nitrogen and oxygen atoms in total. The molecule has 0 heterocycles. The standard InChI is InChI=1S/C5H10N4S2/c1-2-3-9(5(7)11)8-4(6)10/h2-3H,1H3,(H2,7,11)(H3,6,8,10). The fourth-order valence-electron chi connectivity index (χ4n) is 0.434. The fourth-order valence-corrected chi connectivity index (χ4v) is 0.638. The number of nitrogens with one attached hydrogen (secondary N) is 1. The number of thiocarbonyl (C=S) groups is 2. The van der Waals surface area contributed by atoms with E-state index in [0.29, 0.717) is 0 Å². The highest BCUT2D eigenvalue weighted by molar-refractivity contribution is 7.80. The van der Waals surface area contributed by atoms with Crippen molar-refractivity contribution in [3.63, 3.8) is 0 Å². The van der Waals surface area contributed by atoms with Crippen molar-refractivity contribution in [3.8, 4) is 0 Å². The van der Waals surface area contributed by atoms with Gasteiger partial charge in [0.2, 0.25) is 0 Å². The first kappa shape index (κ1) is 10.1. The molecule has 0 fully saturated rings. The van der Waals surface area contributed by atoms with Crippen LogP contribution >= 0.6 is 24.4 Å². The van der Waals surface area contributed by atoms with Gasteiger partial charge in [0.05, 0.1) is 0 Å². The Hall–Kier alpha value is -0.880. The molecule has 11 heavy (non-hydrogen) atoms. The van der Waals surface area contributed by atoms with Crippen LogP contribution in [0.4, 0.5) is 0 Å². The molecule has 5 N–H and O–H groups in total. The van der Waals surface area contributed by atoms with E-state index in [1.165, 1.54) is 5.01 Å². The third kappa shape index (κ3) is 4.51. The summed E-state index contributed by atoms with van der Waals surface area (Å²) >= 11 is 9.26. The zero-order chi connectivity index (χ0) is 8.85. The number of hydrogen-bond acceptors (Lipinski definition) is 2. The Bertz CT molecular complexity index is 189. The van der Waals surface area contributed by atoms with Crippen LogP contribution in [0.5, 0.6) is 0 Å². The molecule has 0 rings (SSSR count). The molecule has 0 aromatic heterocycles. The van der Waals surface area contributed by atoms with Crippen LogP contribution < -0.4 is 16.9 Å². The first-order chi connectivity index (χ1) is 5.07. The molecule has 6 heteroatoms. The molecule has 0 saturated carbocycles. The van der Waals surface area contributed by atoms with Crippen molar-refractivity contribution in [1.82, 2.24) is 10.4 Å². The molecule has 0 saturated heterocycles. The molecular formula is C5H10N4S2. The number of hydrogen-bond donors (Lipinski definition) is 3. The Morgan fingerprint density at radius 1 is 1.45 bits per heavy atom. The highest BCUT2D eigenvalue weighted by atomic mass is 32.1. The van der Waals surface area contributed by atoms with Gasteiger partial charge in [0.25, 0.3) is 0 Å². The fraction of sp³-hybridized carbons (Fsp3) is 0.200. The van der Waals surface area contributed by atoms with E-state index in [1.807, 2.05) is 6.92 Å². The van der Waals surface area contributed by atoms with Gasteiger partial charge in [-0.3, -0.25) is 5.43 Å². The second kappa shape index (κ2) is 4.86. The molecule has 0 unspecified atom stereocenters. The van der Waals surface area contributed by atoms with Crippen molar-refractivity contribution in [2.24, 2.45) is 11.5 Å². The third-order valence-corrected chi connectivity index (χ3v) is 1.05. The summed E-state index contributed by atoms with van der Waals surface area (Å²) in [6, 6.07) is 0. The van der Waals surface area contributed by atoms with Crippen LogP contribution in [0.3, 0.4) is 0 Å². The number of hydrazine groups is 1. The number of rotatable bonds is 1. The Morgan fingerprint density at radius 3 is 2.27 bits per heavy atom. The maximum Gasteiger partial charge on any atom is 0.189 e. The zero-order valence-corrected chi connectivity index (χ0v) is 7.71. The first-order valence-electron chi connectivity index (χ1n) is 2.85. The molecule has 0 aliphatic rings. The summed E-state index contributed by atoms with van der Waals surface area (Å²) in [5.41, 5.74) is 13.1. The lowest BCUT2D eigenvalue weighted by Crippen LogP contribution is -2.47. The SMILES string of the molecule is CC=CN(NC(N)=S)C(N)=S. The molecule has 0 aliphatic heterocycles. The van der Waals surface area contributed by atoms with Crippen molar-refractivity contribution >= 4 is 34.7 Å². The molecule has 0 radical (unpaired) electrons. The van der Waals surface area contributed by atoms with Crippen molar-refractivity contribution < 1.29 is 0 Å². The van der Waals surface area contributed by atoms with Crippen molar-refractivity contribution in [2.45, 2.75) is 6.92 Å². The maximum atomic E-state index is 5.30. The van der Waals surface area contributed by atoms with Crippen molar-refractivity contribution in [2.75, 3.05) is 0 Å². The van der Waals surface area contributed by atoms with E-state index < -0.39 is 0 Å². The van der Waals surface area contributed by atoms with Gasteiger partial charge in [0, 0.05) is 6.20 Å². The molecule has 0 aliphatic carbocycles. The highest BCUT2D eigenvalue weighted by Gasteiger charge is 1.99. The summed E-state index contributed by atoms with van der Waals surface area (Å²) in [6.45, 7) is 1.83. The van der Waals surface area contributed by atoms with E-state index in [0.717, 1.165) is 0 Å². The van der Waals surface area contributed by atoms with E-state index in [1.54, 1.807) is 12.3 Å². The minimum atomic E-state index is 0.121. The third-order valence-electron chi connectivity index (χ3n) is 0.766. The summed E-state index contributed by atoms with van der Waals surface area (Å²) in [4.78, 5) is 0. The Morgan fingerprint density at radius 2 is 2.00 bits per heavy atom. The van der Waals surface area contributed by atoms with Crippen LogP contribution in [0.2, 0.25) is 0 Å². The van der Waals surface area contributed by atoms with Crippen LogP contribution in [0.1, 0.15) is 6.92 Å². The Labute approximate surface area is 76.2 Å². The van der Waals surface area contributed by atoms with Crippen molar-refractivity contribution in [3.05, 3.63) is 12.3 Å². The number of nitrogens with two attached hydrogens (primary N) is 2. The highest BCUT2D eigenvalue weighted by Crippen LogP contribution is 1.83. The minimum Gasteiger partial charge on any atom is -0.375 e. The summed E-state index contributed by atoms with van der Waals surface area (Å²) < 4.78 is 0. The zero-order valence-electron chi connectivity index (χ0n) is 6.07. The molecule has 0 atom stereocenters. The summed E-state index contributed by atoms with van der Waals surface area (Å²) in [5, 5.41) is 1.64. The number of allylic oxidation sites excluding steroid dienone is 1. The van der Waals surface area contributed by atoms with Gasteiger partial charge >= 0.3 is 0 Å². The largest absolute Gasteiger partial charge is 0.375 e. The van der Waals surface area contributed by atoms with Gasteiger partial charge in [-0.15, -0.1) is 0 Å². The first-order valence-corrected chi connectivity index (χ1v) is 3.67. The predicted molar refractivity (Wildman–Crippen MR) is 53.4 cm³/mol. The van der Waals surface area contributed by atoms with Crippen LogP contribution in [0, 0.1) is 0 Å². The normalized spacial score (nSPS) is 9.55. The smallest absolute Gasteiger partial charge is 0.189 e. The number of nitrogens with zero attached hydrogens (tertiary/aromatic N) is 1. The summed E-state index contributed by atoms with van der Waals surface area (Å²) in [7, 11) is 0. The van der Waals surface area contributed by atoms with Crippen molar-refractivity contribution in [1.29, 1.82) is 0 Å². The monoisotopic (exact) mass is 190 g/mol. The lowest BCUT2D eigenvalue weighted by atomic mass is 10.7. The van der Waals surface area contributed by atoms with E-state index in [4.69, 9.17) is 11.5 Å². The van der Waals surface area contributed by atoms with Gasteiger partial charge in [-0.05, 0) is 31.4 Å². The molecule has 0 bridgehead atoms. The van der Waals surface area contributed by atoms with Gasteiger partial charge < -0.3 is 11.5 Å². The van der Waals surface area contributed by atoms with Crippen LogP contribution in [-0.2, 0) is 0 Å². The van der Waals surface area contributed by atoms with Crippen LogP contribution in [-0.4, -0.2) is 15.2 Å². The van der Waals surface area contributed by atoms with E-state index in [2.05, 4.69) is 29.9 Å². The second-order valence-electron chi connectivity index (χ2n) is 1.67. The van der Waals surface area contributed by atoms with Gasteiger partial charge in [-0.1, -0.05) is 6.08 Å². The Kier molecular flexibility index (Phi) is 4.47. The lowest BCUT2D eigenvalue weighted by molar-refractivity contribution is 0.511. The minimum absolute atomic E-state index is 0.121. The maximum absolute atomic E-state index is 5.30. The van der Waals surface area contributed by atoms with Gasteiger partial charge in [-0.2, -0.15) is 0 Å². The summed E-state index contributed by atoms with van der Waals surface area (Å²) in [6.07, 6.45) is 3.38. The van der Waals surface area contributed by atoms with Crippen LogP contribution in [0.25, 0.3) is 0 Å².